The van der Waals surface area contributed by atoms with Crippen molar-refractivity contribution in [2.75, 3.05) is 0 Å². The van der Waals surface area contributed by atoms with Crippen molar-refractivity contribution in [3.63, 3.8) is 0 Å². The Morgan fingerprint density at radius 1 is 1.17 bits per heavy atom. The highest BCUT2D eigenvalue weighted by molar-refractivity contribution is 5.99. The van der Waals surface area contributed by atoms with Gasteiger partial charge in [-0.1, -0.05) is 29.4 Å². The molecule has 180 valence electrons. The summed E-state index contributed by atoms with van der Waals surface area (Å²) in [4.78, 5) is 18.7. The molecule has 36 heavy (non-hydrogen) atoms. The first-order chi connectivity index (χ1) is 17.5. The SMILES string of the molecule is C/C(=C1\c2ccc(Cn3cnc4c(CO)cccc43)cc2COc2cc(F)ccc21)c1noc(=O)[nH]1. The summed E-state index contributed by atoms with van der Waals surface area (Å²) in [6.45, 7) is 2.56. The minimum Gasteiger partial charge on any atom is -0.488 e. The minimum absolute atomic E-state index is 0.0725. The lowest BCUT2D eigenvalue weighted by Gasteiger charge is -2.14. The topological polar surface area (TPSA) is 106 Å². The van der Waals surface area contributed by atoms with Crippen LogP contribution in [0, 0.1) is 5.82 Å². The normalized spacial score (nSPS) is 14.2. The standard InChI is InChI=1S/C27H21FN4O4/c1-15(26-30-27(34)36-31-26)24-20-7-5-16(9-18(20)13-35-23-10-19(28)6-8-21(23)24)11-32-14-29-25-17(12-33)3-2-4-22(25)32/h2-10,14,33H,11-13H2,1H3,(H,30,31,34)/b24-15-. The molecule has 3 heterocycles. The van der Waals surface area contributed by atoms with Crippen molar-refractivity contribution in [3.8, 4) is 5.75 Å². The lowest BCUT2D eigenvalue weighted by atomic mass is 9.89. The van der Waals surface area contributed by atoms with E-state index in [-0.39, 0.29) is 13.2 Å². The number of allylic oxidation sites excluding steroid dienone is 1. The Bertz CT molecular complexity index is 1710. The van der Waals surface area contributed by atoms with Crippen LogP contribution in [0.15, 0.2) is 70.2 Å². The van der Waals surface area contributed by atoms with Crippen LogP contribution in [-0.4, -0.2) is 24.8 Å². The molecule has 0 unspecified atom stereocenters. The van der Waals surface area contributed by atoms with E-state index in [1.807, 2.05) is 41.8 Å². The molecule has 1 aliphatic heterocycles. The fraction of sp³-hybridized carbons (Fsp3) is 0.148. The smallest absolute Gasteiger partial charge is 0.439 e. The predicted octanol–water partition coefficient (Wildman–Crippen LogP) is 4.26. The maximum atomic E-state index is 14.1. The van der Waals surface area contributed by atoms with Gasteiger partial charge < -0.3 is 14.4 Å². The van der Waals surface area contributed by atoms with Gasteiger partial charge in [-0.05, 0) is 53.5 Å². The zero-order valence-corrected chi connectivity index (χ0v) is 19.3. The van der Waals surface area contributed by atoms with Crippen LogP contribution in [0.25, 0.3) is 22.2 Å². The number of halogens is 1. The van der Waals surface area contributed by atoms with Crippen molar-refractivity contribution in [1.29, 1.82) is 0 Å². The summed E-state index contributed by atoms with van der Waals surface area (Å²) in [6.07, 6.45) is 1.76. The number of hydrogen-bond acceptors (Lipinski definition) is 6. The number of aliphatic hydroxyl groups excluding tert-OH is 1. The molecule has 0 saturated heterocycles. The zero-order valence-electron chi connectivity index (χ0n) is 19.3. The Morgan fingerprint density at radius 2 is 2.03 bits per heavy atom. The van der Waals surface area contributed by atoms with Crippen molar-refractivity contribution in [2.24, 2.45) is 0 Å². The number of imidazole rings is 1. The van der Waals surface area contributed by atoms with Crippen LogP contribution < -0.4 is 10.5 Å². The van der Waals surface area contributed by atoms with E-state index in [1.165, 1.54) is 12.1 Å². The number of H-pyrrole nitrogens is 1. The second-order valence-electron chi connectivity index (χ2n) is 8.68. The van der Waals surface area contributed by atoms with E-state index in [1.54, 1.807) is 12.4 Å². The van der Waals surface area contributed by atoms with E-state index in [0.717, 1.165) is 38.9 Å². The second kappa shape index (κ2) is 8.62. The van der Waals surface area contributed by atoms with E-state index in [4.69, 9.17) is 9.26 Å². The molecule has 0 bridgehead atoms. The molecule has 6 rings (SSSR count). The zero-order chi connectivity index (χ0) is 24.8. The van der Waals surface area contributed by atoms with Gasteiger partial charge in [0.25, 0.3) is 0 Å². The second-order valence-corrected chi connectivity index (χ2v) is 8.68. The highest BCUT2D eigenvalue weighted by Gasteiger charge is 2.24. The van der Waals surface area contributed by atoms with E-state index in [2.05, 4.69) is 21.2 Å². The van der Waals surface area contributed by atoms with Gasteiger partial charge in [-0.25, -0.2) is 14.2 Å². The third-order valence-corrected chi connectivity index (χ3v) is 6.46. The number of nitrogens with one attached hydrogen (secondary N) is 1. The number of nitrogens with zero attached hydrogens (tertiary/aromatic N) is 3. The van der Waals surface area contributed by atoms with Gasteiger partial charge >= 0.3 is 5.76 Å². The Labute approximate surface area is 204 Å². The molecule has 0 amide bonds. The average Bonchev–Trinajstić information content (AvgIpc) is 3.46. The third-order valence-electron chi connectivity index (χ3n) is 6.46. The average molecular weight is 484 g/mol. The van der Waals surface area contributed by atoms with E-state index >= 15 is 0 Å². The molecule has 9 heteroatoms. The molecule has 8 nitrogen and oxygen atoms in total. The first kappa shape index (κ1) is 22.0. The van der Waals surface area contributed by atoms with E-state index in [9.17, 15) is 14.3 Å². The van der Waals surface area contributed by atoms with Gasteiger partial charge in [0.2, 0.25) is 0 Å². The maximum Gasteiger partial charge on any atom is 0.439 e. The number of ether oxygens (including phenoxy) is 1. The summed E-state index contributed by atoms with van der Waals surface area (Å²) in [7, 11) is 0. The fourth-order valence-electron chi connectivity index (χ4n) is 4.74. The molecule has 0 saturated carbocycles. The maximum absolute atomic E-state index is 14.1. The van der Waals surface area contributed by atoms with Gasteiger partial charge in [-0.2, -0.15) is 0 Å². The number of aromatic amines is 1. The summed E-state index contributed by atoms with van der Waals surface area (Å²) in [5.74, 6) is -0.347. The molecule has 0 atom stereocenters. The highest BCUT2D eigenvalue weighted by Crippen LogP contribution is 2.41. The third kappa shape index (κ3) is 3.70. The van der Waals surface area contributed by atoms with Crippen LogP contribution in [-0.2, 0) is 19.8 Å². The number of aliphatic hydroxyl groups is 1. The Balaban J connectivity index is 1.46. The van der Waals surface area contributed by atoms with Crippen LogP contribution in [0.4, 0.5) is 4.39 Å². The highest BCUT2D eigenvalue weighted by atomic mass is 19.1. The molecular formula is C27H21FN4O4. The molecule has 0 fully saturated rings. The number of benzene rings is 3. The van der Waals surface area contributed by atoms with Gasteiger partial charge in [0, 0.05) is 29.3 Å². The van der Waals surface area contributed by atoms with Crippen molar-refractivity contribution in [2.45, 2.75) is 26.7 Å². The van der Waals surface area contributed by atoms with Gasteiger partial charge in [-0.3, -0.25) is 9.51 Å². The Hall–Kier alpha value is -4.50. The molecule has 2 N–H and O–H groups in total. The Morgan fingerprint density at radius 3 is 2.83 bits per heavy atom. The summed E-state index contributed by atoms with van der Waals surface area (Å²) >= 11 is 0. The summed E-state index contributed by atoms with van der Waals surface area (Å²) in [6, 6.07) is 16.2. The molecular weight excluding hydrogens is 463 g/mol. The largest absolute Gasteiger partial charge is 0.488 e. The molecule has 0 spiro atoms. The van der Waals surface area contributed by atoms with Crippen molar-refractivity contribution in [1.82, 2.24) is 19.7 Å². The molecule has 2 aromatic heterocycles. The lowest BCUT2D eigenvalue weighted by molar-refractivity contribution is 0.283. The predicted molar refractivity (Wildman–Crippen MR) is 131 cm³/mol. The molecule has 0 aliphatic carbocycles. The van der Waals surface area contributed by atoms with Crippen molar-refractivity contribution in [3.05, 3.63) is 111 Å². The first-order valence-electron chi connectivity index (χ1n) is 11.4. The molecule has 5 aromatic rings. The summed E-state index contributed by atoms with van der Waals surface area (Å²) in [5.41, 5.74) is 7.45. The molecule has 1 aliphatic rings. The fourth-order valence-corrected chi connectivity index (χ4v) is 4.74. The Kier molecular flexibility index (Phi) is 5.26. The number of hydrogen-bond donors (Lipinski definition) is 2. The number of aromatic nitrogens is 4. The van der Waals surface area contributed by atoms with Crippen LogP contribution in [0.1, 0.15) is 40.6 Å². The van der Waals surface area contributed by atoms with Gasteiger partial charge in [0.15, 0.2) is 5.82 Å². The quantitative estimate of drug-likeness (QED) is 0.395. The van der Waals surface area contributed by atoms with Gasteiger partial charge in [-0.15, -0.1) is 0 Å². The summed E-state index contributed by atoms with van der Waals surface area (Å²) < 4.78 is 26.9. The van der Waals surface area contributed by atoms with Crippen LogP contribution >= 0.6 is 0 Å². The van der Waals surface area contributed by atoms with Crippen LogP contribution in [0.3, 0.4) is 0 Å². The van der Waals surface area contributed by atoms with Crippen molar-refractivity contribution < 1.29 is 18.8 Å². The van der Waals surface area contributed by atoms with E-state index < -0.39 is 11.6 Å². The molecule has 3 aromatic carbocycles. The number of fused-ring (bicyclic) bond motifs is 3. The lowest BCUT2D eigenvalue weighted by Crippen LogP contribution is -2.03. The van der Waals surface area contributed by atoms with Crippen LogP contribution in [0.5, 0.6) is 5.75 Å². The summed E-state index contributed by atoms with van der Waals surface area (Å²) in [5, 5.41) is 13.5. The minimum atomic E-state index is -0.651. The molecule has 0 radical (unpaired) electrons. The van der Waals surface area contributed by atoms with Crippen molar-refractivity contribution >= 4 is 22.2 Å². The van der Waals surface area contributed by atoms with E-state index in [0.29, 0.717) is 29.3 Å². The monoisotopic (exact) mass is 484 g/mol. The number of para-hydroxylation sites is 1. The van der Waals surface area contributed by atoms with Gasteiger partial charge in [0.1, 0.15) is 18.2 Å². The number of rotatable bonds is 4. The van der Waals surface area contributed by atoms with Gasteiger partial charge in [0.05, 0.1) is 24.0 Å². The van der Waals surface area contributed by atoms with Crippen LogP contribution in [0.2, 0.25) is 0 Å². The first-order valence-corrected chi connectivity index (χ1v) is 11.4.